The van der Waals surface area contributed by atoms with E-state index >= 15 is 0 Å². The van der Waals surface area contributed by atoms with Crippen LogP contribution in [0.3, 0.4) is 0 Å². The molecule has 0 heterocycles. The molecule has 2 atom stereocenters. The Balaban J connectivity index is 4.07. The second kappa shape index (κ2) is 3.34. The van der Waals surface area contributed by atoms with Crippen molar-refractivity contribution < 1.29 is 14.7 Å². The number of rotatable bonds is 3. The SMILES string of the molecule is CC(=O)[C@@H](C)[C@@H](C)C(=O)O. The summed E-state index contributed by atoms with van der Waals surface area (Å²) < 4.78 is 0. The molecule has 0 aliphatic carbocycles. The van der Waals surface area contributed by atoms with Gasteiger partial charge in [-0.1, -0.05) is 13.8 Å². The van der Waals surface area contributed by atoms with Gasteiger partial charge in [-0.25, -0.2) is 0 Å². The van der Waals surface area contributed by atoms with Crippen molar-refractivity contribution in [3.8, 4) is 0 Å². The minimum atomic E-state index is -0.914. The van der Waals surface area contributed by atoms with Crippen LogP contribution in [0.5, 0.6) is 0 Å². The van der Waals surface area contributed by atoms with Gasteiger partial charge in [0.2, 0.25) is 0 Å². The molecule has 1 N–H and O–H groups in total. The Labute approximate surface area is 60.0 Å². The number of aliphatic carboxylic acids is 1. The van der Waals surface area contributed by atoms with Crippen LogP contribution in [0, 0.1) is 11.8 Å². The van der Waals surface area contributed by atoms with Gasteiger partial charge in [-0.15, -0.1) is 0 Å². The van der Waals surface area contributed by atoms with E-state index in [0.717, 1.165) is 0 Å². The second-order valence-electron chi connectivity index (χ2n) is 2.53. The lowest BCUT2D eigenvalue weighted by atomic mass is 9.93. The van der Waals surface area contributed by atoms with Crippen LogP contribution in [0.4, 0.5) is 0 Å². The highest BCUT2D eigenvalue weighted by Crippen LogP contribution is 2.11. The Kier molecular flexibility index (Phi) is 3.06. The summed E-state index contributed by atoms with van der Waals surface area (Å²) in [7, 11) is 0. The number of hydrogen-bond donors (Lipinski definition) is 1. The average Bonchev–Trinajstić information content (AvgIpc) is 1.84. The molecule has 0 saturated heterocycles. The highest BCUT2D eigenvalue weighted by molar-refractivity contribution is 5.83. The zero-order valence-electron chi connectivity index (χ0n) is 6.42. The second-order valence-corrected chi connectivity index (χ2v) is 2.53. The van der Waals surface area contributed by atoms with E-state index in [1.54, 1.807) is 6.92 Å². The maximum Gasteiger partial charge on any atom is 0.306 e. The van der Waals surface area contributed by atoms with Crippen molar-refractivity contribution in [1.29, 1.82) is 0 Å². The molecule has 0 saturated carbocycles. The molecule has 0 unspecified atom stereocenters. The molecule has 0 rings (SSSR count). The van der Waals surface area contributed by atoms with Gasteiger partial charge in [-0.2, -0.15) is 0 Å². The predicted octanol–water partition coefficient (Wildman–Crippen LogP) is 0.932. The molecule has 0 aromatic carbocycles. The molecular weight excluding hydrogens is 132 g/mol. The van der Waals surface area contributed by atoms with Gasteiger partial charge in [0, 0.05) is 5.92 Å². The summed E-state index contributed by atoms with van der Waals surface area (Å²) in [6.07, 6.45) is 0. The predicted molar refractivity (Wildman–Crippen MR) is 36.6 cm³/mol. The Morgan fingerprint density at radius 3 is 1.70 bits per heavy atom. The third kappa shape index (κ3) is 2.17. The van der Waals surface area contributed by atoms with E-state index in [1.165, 1.54) is 13.8 Å². The van der Waals surface area contributed by atoms with Crippen molar-refractivity contribution in [2.75, 3.05) is 0 Å². The quantitative estimate of drug-likeness (QED) is 0.641. The number of ketones is 1. The number of carbonyl (C=O) groups is 2. The van der Waals surface area contributed by atoms with Crippen LogP contribution in [0.25, 0.3) is 0 Å². The number of carboxylic acids is 1. The Morgan fingerprint density at radius 1 is 1.20 bits per heavy atom. The molecule has 0 aromatic rings. The van der Waals surface area contributed by atoms with Gasteiger partial charge in [-0.05, 0) is 6.92 Å². The monoisotopic (exact) mass is 144 g/mol. The molecule has 3 heteroatoms. The summed E-state index contributed by atoms with van der Waals surface area (Å²) in [4.78, 5) is 20.9. The van der Waals surface area contributed by atoms with E-state index in [2.05, 4.69) is 0 Å². The van der Waals surface area contributed by atoms with Crippen LogP contribution < -0.4 is 0 Å². The molecule has 0 radical (unpaired) electrons. The van der Waals surface area contributed by atoms with Gasteiger partial charge in [0.1, 0.15) is 5.78 Å². The van der Waals surface area contributed by atoms with E-state index < -0.39 is 11.9 Å². The Hall–Kier alpha value is -0.860. The highest BCUT2D eigenvalue weighted by atomic mass is 16.4. The summed E-state index contributed by atoms with van der Waals surface area (Å²) in [6.45, 7) is 4.57. The van der Waals surface area contributed by atoms with Crippen LogP contribution in [0.15, 0.2) is 0 Å². The summed E-state index contributed by atoms with van der Waals surface area (Å²) in [5.41, 5.74) is 0. The number of carbonyl (C=O) groups excluding carboxylic acids is 1. The zero-order chi connectivity index (χ0) is 8.31. The fourth-order valence-electron chi connectivity index (χ4n) is 0.566. The largest absolute Gasteiger partial charge is 0.481 e. The lowest BCUT2D eigenvalue weighted by Crippen LogP contribution is -2.23. The molecule has 0 amide bonds. The molecule has 0 aliphatic heterocycles. The third-order valence-corrected chi connectivity index (χ3v) is 1.78. The fraction of sp³-hybridized carbons (Fsp3) is 0.714. The van der Waals surface area contributed by atoms with Crippen LogP contribution in [0.2, 0.25) is 0 Å². The van der Waals surface area contributed by atoms with E-state index in [9.17, 15) is 9.59 Å². The summed E-state index contributed by atoms with van der Waals surface area (Å²) >= 11 is 0. The lowest BCUT2D eigenvalue weighted by Gasteiger charge is -2.10. The van der Waals surface area contributed by atoms with Gasteiger partial charge in [0.05, 0.1) is 5.92 Å². The van der Waals surface area contributed by atoms with Gasteiger partial charge >= 0.3 is 5.97 Å². The van der Waals surface area contributed by atoms with E-state index in [1.807, 2.05) is 0 Å². The summed E-state index contributed by atoms with van der Waals surface area (Å²) in [5.74, 6) is -1.94. The van der Waals surface area contributed by atoms with Crippen molar-refractivity contribution in [3.63, 3.8) is 0 Å². The molecule has 0 bridgehead atoms. The average molecular weight is 144 g/mol. The number of Topliss-reactive ketones (excluding diaryl/α,β-unsaturated/α-hetero) is 1. The Morgan fingerprint density at radius 2 is 1.60 bits per heavy atom. The van der Waals surface area contributed by atoms with Gasteiger partial charge in [0.15, 0.2) is 0 Å². The minimum Gasteiger partial charge on any atom is -0.481 e. The first kappa shape index (κ1) is 9.14. The van der Waals surface area contributed by atoms with Crippen molar-refractivity contribution in [2.24, 2.45) is 11.8 Å². The maximum absolute atomic E-state index is 10.6. The van der Waals surface area contributed by atoms with E-state index in [0.29, 0.717) is 0 Å². The van der Waals surface area contributed by atoms with Crippen molar-refractivity contribution >= 4 is 11.8 Å². The third-order valence-electron chi connectivity index (χ3n) is 1.78. The van der Waals surface area contributed by atoms with Crippen LogP contribution in [-0.2, 0) is 9.59 Å². The normalized spacial score (nSPS) is 15.9. The first-order valence-electron chi connectivity index (χ1n) is 3.20. The van der Waals surface area contributed by atoms with Crippen molar-refractivity contribution in [1.82, 2.24) is 0 Å². The van der Waals surface area contributed by atoms with Crippen molar-refractivity contribution in [2.45, 2.75) is 20.8 Å². The maximum atomic E-state index is 10.6. The molecule has 10 heavy (non-hydrogen) atoms. The summed E-state index contributed by atoms with van der Waals surface area (Å²) in [5, 5.41) is 8.45. The standard InChI is InChI=1S/C7H12O3/c1-4(6(3)8)5(2)7(9)10/h4-5H,1-3H3,(H,9,10)/t4-,5+/m0/s1. The van der Waals surface area contributed by atoms with Crippen molar-refractivity contribution in [3.05, 3.63) is 0 Å². The molecule has 58 valence electrons. The van der Waals surface area contributed by atoms with Crippen LogP contribution in [0.1, 0.15) is 20.8 Å². The molecular formula is C7H12O3. The molecule has 0 aliphatic rings. The molecule has 0 spiro atoms. The van der Waals surface area contributed by atoms with Crippen LogP contribution >= 0.6 is 0 Å². The molecule has 0 aromatic heterocycles. The first-order valence-corrected chi connectivity index (χ1v) is 3.20. The van der Waals surface area contributed by atoms with Gasteiger partial charge in [0.25, 0.3) is 0 Å². The zero-order valence-corrected chi connectivity index (χ0v) is 6.42. The number of carboxylic acid groups (broad SMARTS) is 1. The molecule has 3 nitrogen and oxygen atoms in total. The van der Waals surface area contributed by atoms with Gasteiger partial charge < -0.3 is 5.11 Å². The topological polar surface area (TPSA) is 54.4 Å². The minimum absolute atomic E-state index is 0.0742. The highest BCUT2D eigenvalue weighted by Gasteiger charge is 2.22. The van der Waals surface area contributed by atoms with E-state index in [4.69, 9.17) is 5.11 Å². The lowest BCUT2D eigenvalue weighted by molar-refractivity contribution is -0.145. The van der Waals surface area contributed by atoms with E-state index in [-0.39, 0.29) is 11.7 Å². The summed E-state index contributed by atoms with van der Waals surface area (Å²) in [6, 6.07) is 0. The smallest absolute Gasteiger partial charge is 0.306 e. The number of hydrogen-bond acceptors (Lipinski definition) is 2. The Bertz CT molecular complexity index is 133. The van der Waals surface area contributed by atoms with Gasteiger partial charge in [-0.3, -0.25) is 9.59 Å². The first-order chi connectivity index (χ1) is 4.46. The van der Waals surface area contributed by atoms with Crippen LogP contribution in [-0.4, -0.2) is 16.9 Å². The fourth-order valence-corrected chi connectivity index (χ4v) is 0.566. The molecule has 0 fully saturated rings.